The van der Waals surface area contributed by atoms with Gasteiger partial charge in [-0.15, -0.1) is 0 Å². The third-order valence-corrected chi connectivity index (χ3v) is 12.4. The van der Waals surface area contributed by atoms with E-state index in [-0.39, 0.29) is 0 Å². The van der Waals surface area contributed by atoms with Gasteiger partial charge in [0, 0.05) is 51.0 Å². The maximum Gasteiger partial charge on any atom is 0.194 e. The predicted octanol–water partition coefficient (Wildman–Crippen LogP) is 15.5. The molecule has 0 N–H and O–H groups in total. The zero-order valence-corrected chi connectivity index (χ0v) is 35.5. The maximum atomic E-state index is 7.69. The van der Waals surface area contributed by atoms with Gasteiger partial charge in [0.2, 0.25) is 0 Å². The molecule has 0 aliphatic rings. The summed E-state index contributed by atoms with van der Waals surface area (Å²) in [6.45, 7) is 7.69. The number of hydrogen-bond donors (Lipinski definition) is 0. The van der Waals surface area contributed by atoms with Gasteiger partial charge >= 0.3 is 0 Å². The summed E-state index contributed by atoms with van der Waals surface area (Å²) in [5.74, 6) is 1.80. The summed E-state index contributed by atoms with van der Waals surface area (Å²) in [5, 5.41) is 6.34. The second-order valence-corrected chi connectivity index (χ2v) is 16.3. The molecule has 0 atom stereocenters. The smallest absolute Gasteiger partial charge is 0.194 e. The molecule has 0 saturated heterocycles. The normalized spacial score (nSPS) is 11.3. The second-order valence-electron chi connectivity index (χ2n) is 16.3. The van der Waals surface area contributed by atoms with E-state index in [9.17, 15) is 0 Å². The van der Waals surface area contributed by atoms with Crippen LogP contribution >= 0.6 is 0 Å². The minimum atomic E-state index is 0.586. The third-order valence-electron chi connectivity index (χ3n) is 12.4. The number of hydrogen-bond acceptors (Lipinski definition) is 5. The average Bonchev–Trinajstić information content (AvgIpc) is 3.40. The SMILES string of the molecule is [C-]#[N+]c1ccc(-c2ccc(-c3cc4c5cccnc5c(-c5cccc(-c6nc(-c7ccccc7)nc(-c7cccc(-c8ccccc8)c7)n6)c5)cc4c4cccnc34)cc2)c2ccccc12. The molecule has 66 heavy (non-hydrogen) atoms. The van der Waals surface area contributed by atoms with E-state index in [4.69, 9.17) is 31.5 Å². The van der Waals surface area contributed by atoms with Gasteiger partial charge in [-0.2, -0.15) is 0 Å². The van der Waals surface area contributed by atoms with E-state index in [2.05, 4.69) is 138 Å². The molecule has 0 bridgehead atoms. The van der Waals surface area contributed by atoms with Crippen molar-refractivity contribution in [2.45, 2.75) is 0 Å². The Morgan fingerprint density at radius 1 is 0.288 bits per heavy atom. The zero-order chi connectivity index (χ0) is 44.0. The Kier molecular flexibility index (Phi) is 9.44. The average molecular weight is 841 g/mol. The summed E-state index contributed by atoms with van der Waals surface area (Å²) in [7, 11) is 0. The number of fused-ring (bicyclic) bond motifs is 6. The van der Waals surface area contributed by atoms with Crippen LogP contribution in [-0.2, 0) is 0 Å². The first-order valence-corrected chi connectivity index (χ1v) is 21.8. The Morgan fingerprint density at radius 3 is 1.35 bits per heavy atom. The Labute approximate surface area is 381 Å². The molecule has 0 radical (unpaired) electrons. The van der Waals surface area contributed by atoms with E-state index in [0.717, 1.165) is 105 Å². The Bertz CT molecular complexity index is 3880. The lowest BCUT2D eigenvalue weighted by Gasteiger charge is -2.16. The molecule has 6 heteroatoms. The highest BCUT2D eigenvalue weighted by atomic mass is 15.0. The van der Waals surface area contributed by atoms with E-state index in [1.165, 1.54) is 0 Å². The lowest BCUT2D eigenvalue weighted by Crippen LogP contribution is -2.00. The van der Waals surface area contributed by atoms with Gasteiger partial charge in [0.1, 0.15) is 0 Å². The fraction of sp³-hybridized carbons (Fsp3) is 0. The van der Waals surface area contributed by atoms with Crippen molar-refractivity contribution < 1.29 is 0 Å². The molecule has 0 aliphatic heterocycles. The van der Waals surface area contributed by atoms with Gasteiger partial charge in [0.25, 0.3) is 0 Å². The summed E-state index contributed by atoms with van der Waals surface area (Å²) in [4.78, 5) is 29.1. The van der Waals surface area contributed by atoms with Crippen LogP contribution in [0.4, 0.5) is 5.69 Å². The maximum absolute atomic E-state index is 7.69. The number of pyridine rings is 2. The van der Waals surface area contributed by atoms with Crippen LogP contribution in [0.5, 0.6) is 0 Å². The lowest BCUT2D eigenvalue weighted by atomic mass is 9.90. The molecule has 0 aliphatic carbocycles. The lowest BCUT2D eigenvalue weighted by molar-refractivity contribution is 1.07. The summed E-state index contributed by atoms with van der Waals surface area (Å²) >= 11 is 0. The fourth-order valence-corrected chi connectivity index (χ4v) is 9.25. The van der Waals surface area contributed by atoms with Crippen LogP contribution in [0.1, 0.15) is 0 Å². The van der Waals surface area contributed by atoms with Gasteiger partial charge in [-0.25, -0.2) is 19.8 Å². The number of aromatic nitrogens is 5. The predicted molar refractivity (Wildman–Crippen MR) is 270 cm³/mol. The Hall–Kier alpha value is -9.18. The molecule has 6 nitrogen and oxygen atoms in total. The molecule has 0 saturated carbocycles. The first-order chi connectivity index (χ1) is 32.7. The van der Waals surface area contributed by atoms with E-state index < -0.39 is 0 Å². The highest BCUT2D eigenvalue weighted by molar-refractivity contribution is 6.22. The Balaban J connectivity index is 0.983. The van der Waals surface area contributed by atoms with Gasteiger partial charge in [-0.1, -0.05) is 170 Å². The molecule has 9 aromatic carbocycles. The topological polar surface area (TPSA) is 68.8 Å². The summed E-state index contributed by atoms with van der Waals surface area (Å²) in [6.07, 6.45) is 3.74. The zero-order valence-electron chi connectivity index (χ0n) is 35.5. The summed E-state index contributed by atoms with van der Waals surface area (Å²) < 4.78 is 0. The summed E-state index contributed by atoms with van der Waals surface area (Å²) in [5.41, 5.74) is 13.7. The van der Waals surface area contributed by atoms with Crippen LogP contribution in [-0.4, -0.2) is 24.9 Å². The second kappa shape index (κ2) is 16.2. The molecule has 0 amide bonds. The van der Waals surface area contributed by atoms with Crippen LogP contribution in [0.2, 0.25) is 0 Å². The standard InChI is InChI=1S/C60H36N6/c1-61-55-31-30-46(47-22-8-9-23-48(47)55)39-26-28-40(29-27-39)51-36-53-50-25-13-33-63-57(50)52(37-54(53)49-24-12-32-62-56(49)51)43-19-11-21-45(35-43)60-65-58(41-16-6-3-7-17-41)64-59(66-60)44-20-10-18-42(34-44)38-14-4-2-5-15-38/h2-37H. The number of benzene rings is 9. The third kappa shape index (κ3) is 6.80. The van der Waals surface area contributed by atoms with Crippen molar-refractivity contribution in [3.05, 3.63) is 230 Å². The molecular weight excluding hydrogens is 805 g/mol. The number of nitrogens with zero attached hydrogens (tertiary/aromatic N) is 6. The highest BCUT2D eigenvalue weighted by Crippen LogP contribution is 2.42. The van der Waals surface area contributed by atoms with Crippen molar-refractivity contribution in [3.8, 4) is 78.7 Å². The van der Waals surface area contributed by atoms with Crippen molar-refractivity contribution in [1.29, 1.82) is 0 Å². The Morgan fingerprint density at radius 2 is 0.742 bits per heavy atom. The van der Waals surface area contributed by atoms with Gasteiger partial charge in [0.15, 0.2) is 23.2 Å². The van der Waals surface area contributed by atoms with E-state index in [1.54, 1.807) is 0 Å². The molecule has 0 spiro atoms. The van der Waals surface area contributed by atoms with Crippen LogP contribution in [0.25, 0.3) is 127 Å². The molecule has 0 fully saturated rings. The van der Waals surface area contributed by atoms with E-state index in [1.807, 2.05) is 85.2 Å². The van der Waals surface area contributed by atoms with E-state index >= 15 is 0 Å². The van der Waals surface area contributed by atoms with Gasteiger partial charge in [-0.05, 0) is 91.3 Å². The van der Waals surface area contributed by atoms with Crippen molar-refractivity contribution in [2.75, 3.05) is 0 Å². The quantitative estimate of drug-likeness (QED) is 0.118. The van der Waals surface area contributed by atoms with Crippen LogP contribution in [0, 0.1) is 6.57 Å². The van der Waals surface area contributed by atoms with Gasteiger partial charge in [0.05, 0.1) is 17.6 Å². The molecule has 0 unspecified atom stereocenters. The van der Waals surface area contributed by atoms with Crippen molar-refractivity contribution in [3.63, 3.8) is 0 Å². The molecule has 12 rings (SSSR count). The molecule has 12 aromatic rings. The molecule has 3 aromatic heterocycles. The van der Waals surface area contributed by atoms with Crippen molar-refractivity contribution in [1.82, 2.24) is 24.9 Å². The molecular formula is C60H36N6. The molecule has 3 heterocycles. The summed E-state index contributed by atoms with van der Waals surface area (Å²) in [6, 6.07) is 71.0. The number of rotatable bonds is 7. The largest absolute Gasteiger partial charge is 0.256 e. The van der Waals surface area contributed by atoms with Crippen molar-refractivity contribution >= 4 is 49.0 Å². The highest BCUT2D eigenvalue weighted by Gasteiger charge is 2.19. The van der Waals surface area contributed by atoms with Gasteiger partial charge in [-0.3, -0.25) is 9.97 Å². The van der Waals surface area contributed by atoms with Crippen LogP contribution in [0.15, 0.2) is 219 Å². The first kappa shape index (κ1) is 38.5. The minimum Gasteiger partial charge on any atom is -0.256 e. The monoisotopic (exact) mass is 840 g/mol. The van der Waals surface area contributed by atoms with E-state index in [0.29, 0.717) is 23.2 Å². The van der Waals surface area contributed by atoms with Crippen LogP contribution < -0.4 is 0 Å². The first-order valence-electron chi connectivity index (χ1n) is 21.8. The molecule has 306 valence electrons. The van der Waals surface area contributed by atoms with Crippen LogP contribution in [0.3, 0.4) is 0 Å². The van der Waals surface area contributed by atoms with Crippen molar-refractivity contribution in [2.24, 2.45) is 0 Å². The minimum absolute atomic E-state index is 0.586. The van der Waals surface area contributed by atoms with Gasteiger partial charge < -0.3 is 0 Å². The fourth-order valence-electron chi connectivity index (χ4n) is 9.25.